The van der Waals surface area contributed by atoms with Gasteiger partial charge in [-0.2, -0.15) is 0 Å². The van der Waals surface area contributed by atoms with Crippen LogP contribution in [0.1, 0.15) is 0 Å². The van der Waals surface area contributed by atoms with Crippen molar-refractivity contribution in [3.8, 4) is 0 Å². The Labute approximate surface area is 58.2 Å². The van der Waals surface area contributed by atoms with Crippen LogP contribution >= 0.6 is 0 Å². The summed E-state index contributed by atoms with van der Waals surface area (Å²) in [4.78, 5) is 14.4. The first-order chi connectivity index (χ1) is 4.84. The predicted molar refractivity (Wildman–Crippen MR) is 34.5 cm³/mol. The van der Waals surface area contributed by atoms with Crippen LogP contribution < -0.4 is 0 Å². The molecule has 0 aliphatic carbocycles. The van der Waals surface area contributed by atoms with Crippen molar-refractivity contribution in [2.75, 3.05) is 13.7 Å². The lowest BCUT2D eigenvalue weighted by Crippen LogP contribution is -2.21. The van der Waals surface area contributed by atoms with Gasteiger partial charge >= 0.3 is 5.97 Å². The molecule has 0 radical (unpaired) electrons. The van der Waals surface area contributed by atoms with Crippen molar-refractivity contribution in [2.24, 2.45) is 4.99 Å². The Morgan fingerprint density at radius 3 is 3.20 bits per heavy atom. The summed E-state index contributed by atoms with van der Waals surface area (Å²) in [7, 11) is 1.31. The molecule has 0 atom stereocenters. The van der Waals surface area contributed by atoms with Crippen LogP contribution in [-0.2, 0) is 14.3 Å². The average Bonchev–Trinajstić information content (AvgIpc) is 2.05. The predicted octanol–water partition coefficient (Wildman–Crippen LogP) is 0.102. The smallest absolute Gasteiger partial charge is 0.355 e. The molecule has 10 heavy (non-hydrogen) atoms. The second-order valence-corrected chi connectivity index (χ2v) is 1.66. The lowest BCUT2D eigenvalue weighted by molar-refractivity contribution is -0.133. The van der Waals surface area contributed by atoms with Crippen molar-refractivity contribution in [2.45, 2.75) is 0 Å². The van der Waals surface area contributed by atoms with Crippen LogP contribution in [0, 0.1) is 0 Å². The number of nitrogens with zero attached hydrogens (tertiary/aromatic N) is 1. The topological polar surface area (TPSA) is 47.9 Å². The lowest BCUT2D eigenvalue weighted by Gasteiger charge is -2.05. The van der Waals surface area contributed by atoms with E-state index >= 15 is 0 Å². The molecule has 4 nitrogen and oxygen atoms in total. The number of hydrogen-bond acceptors (Lipinski definition) is 4. The largest absolute Gasteiger partial charge is 0.493 e. The number of ether oxygens (including phenoxy) is 2. The normalized spacial score (nSPS) is 15.5. The van der Waals surface area contributed by atoms with E-state index in [2.05, 4.69) is 9.73 Å². The van der Waals surface area contributed by atoms with E-state index in [0.29, 0.717) is 5.71 Å². The molecule has 0 aromatic rings. The Kier molecular flexibility index (Phi) is 2.04. The van der Waals surface area contributed by atoms with Gasteiger partial charge in [0.25, 0.3) is 0 Å². The Balaban J connectivity index is 2.62. The average molecular weight is 141 g/mol. The van der Waals surface area contributed by atoms with E-state index in [-0.39, 0.29) is 6.61 Å². The Morgan fingerprint density at radius 2 is 2.70 bits per heavy atom. The van der Waals surface area contributed by atoms with Gasteiger partial charge in [0, 0.05) is 0 Å². The van der Waals surface area contributed by atoms with Gasteiger partial charge in [0.05, 0.1) is 13.3 Å². The van der Waals surface area contributed by atoms with Crippen molar-refractivity contribution < 1.29 is 14.3 Å². The van der Waals surface area contributed by atoms with Gasteiger partial charge < -0.3 is 9.47 Å². The van der Waals surface area contributed by atoms with Crippen molar-refractivity contribution in [3.63, 3.8) is 0 Å². The van der Waals surface area contributed by atoms with E-state index in [1.807, 2.05) is 0 Å². The summed E-state index contributed by atoms with van der Waals surface area (Å²) in [6.45, 7) is 0.198. The standard InChI is InChI=1S/C6H7NO3/c1-9-6(8)5-4-10-3-2-7-5/h2-3H,4H2,1H3. The number of esters is 1. The summed E-state index contributed by atoms with van der Waals surface area (Å²) in [6.07, 6.45) is 2.84. The van der Waals surface area contributed by atoms with Crippen LogP contribution in [0.5, 0.6) is 0 Å². The van der Waals surface area contributed by atoms with Gasteiger partial charge in [-0.15, -0.1) is 0 Å². The van der Waals surface area contributed by atoms with E-state index in [4.69, 9.17) is 4.74 Å². The van der Waals surface area contributed by atoms with Crippen molar-refractivity contribution in [1.29, 1.82) is 0 Å². The van der Waals surface area contributed by atoms with Gasteiger partial charge in [-0.25, -0.2) is 9.79 Å². The SMILES string of the molecule is COC(=O)C1=NC=COC1. The highest BCUT2D eigenvalue weighted by molar-refractivity contribution is 6.37. The molecule has 0 fully saturated rings. The zero-order chi connectivity index (χ0) is 7.40. The Hall–Kier alpha value is -1.32. The number of hydrogen-bond donors (Lipinski definition) is 0. The number of aliphatic imine (C=N–C) groups is 1. The first kappa shape index (κ1) is 6.80. The third kappa shape index (κ3) is 1.34. The van der Waals surface area contributed by atoms with Crippen LogP contribution in [0.3, 0.4) is 0 Å². The maximum atomic E-state index is 10.7. The van der Waals surface area contributed by atoms with E-state index in [1.54, 1.807) is 0 Å². The molecule has 0 unspecified atom stereocenters. The molecule has 1 aliphatic heterocycles. The summed E-state index contributed by atoms with van der Waals surface area (Å²) < 4.78 is 9.20. The number of rotatable bonds is 1. The van der Waals surface area contributed by atoms with Crippen LogP contribution in [0.4, 0.5) is 0 Å². The minimum Gasteiger partial charge on any atom is -0.493 e. The number of methoxy groups -OCH3 is 1. The molecule has 0 aromatic heterocycles. The van der Waals surface area contributed by atoms with E-state index in [1.165, 1.54) is 19.6 Å². The first-order valence-electron chi connectivity index (χ1n) is 2.76. The summed E-state index contributed by atoms with van der Waals surface area (Å²) in [5, 5.41) is 0. The molecule has 4 heteroatoms. The minimum atomic E-state index is -0.440. The highest BCUT2D eigenvalue weighted by Crippen LogP contribution is 1.94. The second-order valence-electron chi connectivity index (χ2n) is 1.66. The molecular weight excluding hydrogens is 134 g/mol. The Bertz CT molecular complexity index is 195. The zero-order valence-corrected chi connectivity index (χ0v) is 5.53. The fraction of sp³-hybridized carbons (Fsp3) is 0.333. The molecular formula is C6H7NO3. The maximum Gasteiger partial charge on any atom is 0.355 e. The molecule has 0 spiro atoms. The van der Waals surface area contributed by atoms with Gasteiger partial charge in [0.2, 0.25) is 0 Å². The Morgan fingerprint density at radius 1 is 1.90 bits per heavy atom. The van der Waals surface area contributed by atoms with Gasteiger partial charge in [-0.1, -0.05) is 0 Å². The third-order valence-electron chi connectivity index (χ3n) is 1.03. The third-order valence-corrected chi connectivity index (χ3v) is 1.03. The molecule has 0 amide bonds. The van der Waals surface area contributed by atoms with E-state index in [9.17, 15) is 4.79 Å². The lowest BCUT2D eigenvalue weighted by atomic mass is 10.4. The highest BCUT2D eigenvalue weighted by atomic mass is 16.5. The molecule has 0 saturated heterocycles. The van der Waals surface area contributed by atoms with Gasteiger partial charge in [-0.05, 0) is 0 Å². The maximum absolute atomic E-state index is 10.7. The molecule has 0 saturated carbocycles. The van der Waals surface area contributed by atoms with Gasteiger partial charge in [0.15, 0.2) is 5.71 Å². The van der Waals surface area contributed by atoms with Gasteiger partial charge in [0.1, 0.15) is 12.9 Å². The second kappa shape index (κ2) is 3.00. The molecule has 0 aromatic carbocycles. The van der Waals surface area contributed by atoms with Gasteiger partial charge in [-0.3, -0.25) is 0 Å². The minimum absolute atomic E-state index is 0.198. The van der Waals surface area contributed by atoms with E-state index < -0.39 is 5.97 Å². The summed E-state index contributed by atoms with van der Waals surface area (Å²) >= 11 is 0. The summed E-state index contributed by atoms with van der Waals surface area (Å²) in [5.41, 5.74) is 0.296. The van der Waals surface area contributed by atoms with Crippen LogP contribution in [0.15, 0.2) is 17.5 Å². The van der Waals surface area contributed by atoms with Crippen LogP contribution in [-0.4, -0.2) is 25.4 Å². The number of carbonyl (C=O) groups excluding carboxylic acids is 1. The fourth-order valence-electron chi connectivity index (χ4n) is 0.557. The first-order valence-corrected chi connectivity index (χ1v) is 2.76. The molecule has 0 N–H and O–H groups in total. The summed E-state index contributed by atoms with van der Waals surface area (Å²) in [6, 6.07) is 0. The van der Waals surface area contributed by atoms with Crippen molar-refractivity contribution >= 4 is 11.7 Å². The van der Waals surface area contributed by atoms with Crippen LogP contribution in [0.25, 0.3) is 0 Å². The van der Waals surface area contributed by atoms with Crippen molar-refractivity contribution in [1.82, 2.24) is 0 Å². The molecule has 54 valence electrons. The molecule has 1 aliphatic rings. The zero-order valence-electron chi connectivity index (χ0n) is 5.53. The quantitative estimate of drug-likeness (QED) is 0.486. The molecule has 1 heterocycles. The highest BCUT2D eigenvalue weighted by Gasteiger charge is 2.12. The van der Waals surface area contributed by atoms with Crippen LogP contribution in [0.2, 0.25) is 0 Å². The number of carbonyl (C=O) groups is 1. The molecule has 0 bridgehead atoms. The van der Waals surface area contributed by atoms with Crippen molar-refractivity contribution in [3.05, 3.63) is 12.5 Å². The van der Waals surface area contributed by atoms with E-state index in [0.717, 1.165) is 0 Å². The fourth-order valence-corrected chi connectivity index (χ4v) is 0.557. The monoisotopic (exact) mass is 141 g/mol. The summed E-state index contributed by atoms with van der Waals surface area (Å²) in [5.74, 6) is -0.440. The molecule has 1 rings (SSSR count).